The third-order valence-electron chi connectivity index (χ3n) is 5.45. The van der Waals surface area contributed by atoms with Crippen molar-refractivity contribution in [2.24, 2.45) is 5.41 Å². The van der Waals surface area contributed by atoms with Crippen LogP contribution in [0, 0.1) is 5.41 Å². The first-order chi connectivity index (χ1) is 12.8. The van der Waals surface area contributed by atoms with Crippen molar-refractivity contribution < 1.29 is 18.8 Å². The molecule has 2 fully saturated rings. The monoisotopic (exact) mass is 376 g/mol. The molecule has 0 bridgehead atoms. The van der Waals surface area contributed by atoms with Crippen LogP contribution in [0.1, 0.15) is 24.4 Å². The summed E-state index contributed by atoms with van der Waals surface area (Å²) in [4.78, 5) is 45.6. The van der Waals surface area contributed by atoms with Gasteiger partial charge in [0.05, 0.1) is 6.26 Å². The molecule has 1 aromatic rings. The molecule has 0 atom stereocenters. The van der Waals surface area contributed by atoms with Gasteiger partial charge in [0, 0.05) is 52.4 Å². The Balaban J connectivity index is 1.57. The number of furan rings is 1. The van der Waals surface area contributed by atoms with Gasteiger partial charge < -0.3 is 24.0 Å². The van der Waals surface area contributed by atoms with Gasteiger partial charge in [-0.15, -0.1) is 0 Å². The summed E-state index contributed by atoms with van der Waals surface area (Å²) in [5.74, 6) is -0.147. The number of nitrogens with zero attached hydrogens (tertiary/aromatic N) is 4. The van der Waals surface area contributed by atoms with E-state index in [1.54, 1.807) is 40.7 Å². The van der Waals surface area contributed by atoms with Crippen molar-refractivity contribution in [2.45, 2.75) is 13.8 Å². The van der Waals surface area contributed by atoms with Crippen LogP contribution in [0.15, 0.2) is 22.8 Å². The Morgan fingerprint density at radius 2 is 1.33 bits per heavy atom. The predicted octanol–water partition coefficient (Wildman–Crippen LogP) is 0.364. The first kappa shape index (κ1) is 19.4. The summed E-state index contributed by atoms with van der Waals surface area (Å²) in [6.45, 7) is 8.07. The summed E-state index contributed by atoms with van der Waals surface area (Å²) in [6.07, 6.45) is 1.47. The summed E-state index contributed by atoms with van der Waals surface area (Å²) in [5, 5.41) is 0. The van der Waals surface area contributed by atoms with Crippen molar-refractivity contribution in [2.75, 3.05) is 59.4 Å². The molecule has 2 aliphatic rings. The Kier molecular flexibility index (Phi) is 5.55. The van der Waals surface area contributed by atoms with Gasteiger partial charge in [0.2, 0.25) is 11.8 Å². The molecule has 2 aliphatic heterocycles. The van der Waals surface area contributed by atoms with Gasteiger partial charge in [0.25, 0.3) is 5.91 Å². The highest BCUT2D eigenvalue weighted by Gasteiger charge is 2.43. The molecule has 8 nitrogen and oxygen atoms in total. The Labute approximate surface area is 159 Å². The van der Waals surface area contributed by atoms with Crippen molar-refractivity contribution >= 4 is 17.7 Å². The van der Waals surface area contributed by atoms with Crippen molar-refractivity contribution in [3.05, 3.63) is 24.2 Å². The molecule has 2 saturated heterocycles. The van der Waals surface area contributed by atoms with Gasteiger partial charge in [0.15, 0.2) is 5.76 Å². The van der Waals surface area contributed by atoms with E-state index < -0.39 is 5.41 Å². The van der Waals surface area contributed by atoms with Gasteiger partial charge in [0.1, 0.15) is 5.41 Å². The molecule has 3 heterocycles. The number of rotatable bonds is 3. The molecule has 0 unspecified atom stereocenters. The summed E-state index contributed by atoms with van der Waals surface area (Å²) < 4.78 is 5.16. The van der Waals surface area contributed by atoms with Gasteiger partial charge >= 0.3 is 0 Å². The van der Waals surface area contributed by atoms with Crippen LogP contribution in [-0.4, -0.2) is 96.7 Å². The fraction of sp³-hybridized carbons (Fsp3) is 0.632. The number of piperazine rings is 2. The molecule has 0 radical (unpaired) electrons. The molecule has 0 N–H and O–H groups in total. The van der Waals surface area contributed by atoms with E-state index in [1.807, 2.05) is 7.05 Å². The van der Waals surface area contributed by atoms with Gasteiger partial charge in [-0.1, -0.05) is 0 Å². The average Bonchev–Trinajstić information content (AvgIpc) is 3.21. The number of carbonyl (C=O) groups excluding carboxylic acids is 3. The van der Waals surface area contributed by atoms with Crippen molar-refractivity contribution in [1.82, 2.24) is 19.6 Å². The molecule has 3 rings (SSSR count). The third kappa shape index (κ3) is 4.00. The fourth-order valence-electron chi connectivity index (χ4n) is 3.56. The molecule has 3 amide bonds. The van der Waals surface area contributed by atoms with Crippen LogP contribution in [0.4, 0.5) is 0 Å². The summed E-state index contributed by atoms with van der Waals surface area (Å²) in [5.41, 5.74) is -1.09. The standard InChI is InChI=1S/C19H28N4O4/c1-19(2,17(25)22-8-6-20(3)7-9-22)18(26)23-12-10-21(11-13-23)16(24)15-5-4-14-27-15/h4-5,14H,6-13H2,1-3H3. The molecule has 148 valence electrons. The maximum absolute atomic E-state index is 13.0. The minimum Gasteiger partial charge on any atom is -0.459 e. The molecule has 1 aromatic heterocycles. The van der Waals surface area contributed by atoms with E-state index >= 15 is 0 Å². The van der Waals surface area contributed by atoms with E-state index in [4.69, 9.17) is 4.42 Å². The number of hydrogen-bond acceptors (Lipinski definition) is 5. The molecule has 8 heteroatoms. The second kappa shape index (κ2) is 7.72. The minimum absolute atomic E-state index is 0.116. The van der Waals surface area contributed by atoms with Crippen molar-refractivity contribution in [3.63, 3.8) is 0 Å². The lowest BCUT2D eigenvalue weighted by Crippen LogP contribution is -2.58. The van der Waals surface area contributed by atoms with Crippen LogP contribution in [0.2, 0.25) is 0 Å². The zero-order valence-electron chi connectivity index (χ0n) is 16.3. The fourth-order valence-corrected chi connectivity index (χ4v) is 3.56. The Morgan fingerprint density at radius 1 is 0.852 bits per heavy atom. The number of hydrogen-bond donors (Lipinski definition) is 0. The van der Waals surface area contributed by atoms with Crippen LogP contribution < -0.4 is 0 Å². The lowest BCUT2D eigenvalue weighted by Gasteiger charge is -2.40. The molecular formula is C19H28N4O4. The van der Waals surface area contributed by atoms with Crippen molar-refractivity contribution in [3.8, 4) is 0 Å². The normalized spacial score (nSPS) is 19.3. The first-order valence-electron chi connectivity index (χ1n) is 9.41. The molecule has 0 spiro atoms. The zero-order chi connectivity index (χ0) is 19.6. The topological polar surface area (TPSA) is 77.3 Å². The van der Waals surface area contributed by atoms with E-state index in [-0.39, 0.29) is 17.7 Å². The van der Waals surface area contributed by atoms with Crippen LogP contribution in [0.3, 0.4) is 0 Å². The Bertz CT molecular complexity index is 685. The SMILES string of the molecule is CN1CCN(C(=O)C(C)(C)C(=O)N2CCN(C(=O)c3ccco3)CC2)CC1. The Morgan fingerprint density at radius 3 is 1.81 bits per heavy atom. The Hall–Kier alpha value is -2.35. The van der Waals surface area contributed by atoms with E-state index in [0.29, 0.717) is 45.0 Å². The van der Waals surface area contributed by atoms with E-state index in [2.05, 4.69) is 4.90 Å². The molecule has 0 saturated carbocycles. The van der Waals surface area contributed by atoms with Gasteiger partial charge in [-0.05, 0) is 33.0 Å². The molecule has 27 heavy (non-hydrogen) atoms. The first-order valence-corrected chi connectivity index (χ1v) is 9.41. The zero-order valence-corrected chi connectivity index (χ0v) is 16.3. The maximum Gasteiger partial charge on any atom is 0.289 e. The highest BCUT2D eigenvalue weighted by Crippen LogP contribution is 2.24. The summed E-state index contributed by atoms with van der Waals surface area (Å²) >= 11 is 0. The second-order valence-electron chi connectivity index (χ2n) is 7.78. The lowest BCUT2D eigenvalue weighted by molar-refractivity contribution is -0.155. The quantitative estimate of drug-likeness (QED) is 0.712. The number of amides is 3. The van der Waals surface area contributed by atoms with Gasteiger partial charge in [-0.3, -0.25) is 14.4 Å². The minimum atomic E-state index is -1.09. The molecule has 0 aromatic carbocycles. The van der Waals surface area contributed by atoms with Gasteiger partial charge in [-0.2, -0.15) is 0 Å². The third-order valence-corrected chi connectivity index (χ3v) is 5.45. The molecular weight excluding hydrogens is 348 g/mol. The summed E-state index contributed by atoms with van der Waals surface area (Å²) in [6, 6.07) is 3.32. The second-order valence-corrected chi connectivity index (χ2v) is 7.78. The van der Waals surface area contributed by atoms with Gasteiger partial charge in [-0.25, -0.2) is 0 Å². The van der Waals surface area contributed by atoms with Crippen LogP contribution in [0.5, 0.6) is 0 Å². The average molecular weight is 376 g/mol. The summed E-state index contributed by atoms with van der Waals surface area (Å²) in [7, 11) is 2.03. The number of carbonyl (C=O) groups is 3. The highest BCUT2D eigenvalue weighted by atomic mass is 16.3. The lowest BCUT2D eigenvalue weighted by atomic mass is 9.89. The maximum atomic E-state index is 13.0. The van der Waals surface area contributed by atoms with Crippen LogP contribution >= 0.6 is 0 Å². The molecule has 0 aliphatic carbocycles. The van der Waals surface area contributed by atoms with E-state index in [9.17, 15) is 14.4 Å². The largest absolute Gasteiger partial charge is 0.459 e. The van der Waals surface area contributed by atoms with Crippen LogP contribution in [0.25, 0.3) is 0 Å². The van der Waals surface area contributed by atoms with E-state index in [0.717, 1.165) is 13.1 Å². The van der Waals surface area contributed by atoms with Crippen LogP contribution in [-0.2, 0) is 9.59 Å². The predicted molar refractivity (Wildman–Crippen MR) is 99.0 cm³/mol. The van der Waals surface area contributed by atoms with Crippen molar-refractivity contribution in [1.29, 1.82) is 0 Å². The number of likely N-dealkylation sites (N-methyl/N-ethyl adjacent to an activating group) is 1. The van der Waals surface area contributed by atoms with E-state index in [1.165, 1.54) is 6.26 Å². The highest BCUT2D eigenvalue weighted by molar-refractivity contribution is 6.04. The smallest absolute Gasteiger partial charge is 0.289 e.